The van der Waals surface area contributed by atoms with Crippen LogP contribution in [0.2, 0.25) is 0 Å². The minimum atomic E-state index is -0.106. The van der Waals surface area contributed by atoms with E-state index in [4.69, 9.17) is 0 Å². The molecule has 1 fully saturated rings. The molecule has 0 saturated heterocycles. The fourth-order valence-electron chi connectivity index (χ4n) is 2.28. The van der Waals surface area contributed by atoms with Crippen molar-refractivity contribution in [2.75, 3.05) is 0 Å². The van der Waals surface area contributed by atoms with Gasteiger partial charge in [0.15, 0.2) is 0 Å². The van der Waals surface area contributed by atoms with E-state index < -0.39 is 0 Å². The number of nitrogens with one attached hydrogen (secondary N) is 1. The maximum atomic E-state index is 9.40. The Kier molecular flexibility index (Phi) is 3.56. The van der Waals surface area contributed by atoms with Crippen LogP contribution in [0.3, 0.4) is 0 Å². The number of aliphatic hydroxyl groups excluding tert-OH is 1. The van der Waals surface area contributed by atoms with Crippen LogP contribution in [0.1, 0.15) is 38.4 Å². The van der Waals surface area contributed by atoms with Gasteiger partial charge >= 0.3 is 0 Å². The highest BCUT2D eigenvalue weighted by atomic mass is 16.3. The molecule has 1 aromatic rings. The Morgan fingerprint density at radius 3 is 2.62 bits per heavy atom. The molecule has 3 heteroatoms. The summed E-state index contributed by atoms with van der Waals surface area (Å²) in [4.78, 5) is 4.42. The van der Waals surface area contributed by atoms with Crippen molar-refractivity contribution in [1.82, 2.24) is 10.3 Å². The number of rotatable bonds is 4. The molecular formula is C13H20N2O. The fraction of sp³-hybridized carbons (Fsp3) is 0.615. The summed E-state index contributed by atoms with van der Waals surface area (Å²) in [5.74, 6) is 0.521. The van der Waals surface area contributed by atoms with E-state index in [2.05, 4.69) is 30.2 Å². The highest BCUT2D eigenvalue weighted by Crippen LogP contribution is 2.37. The van der Waals surface area contributed by atoms with Crippen molar-refractivity contribution >= 4 is 0 Å². The molecule has 0 bridgehead atoms. The van der Waals surface area contributed by atoms with Crippen LogP contribution >= 0.6 is 0 Å². The van der Waals surface area contributed by atoms with E-state index in [-0.39, 0.29) is 12.1 Å². The molecule has 3 nitrogen and oxygen atoms in total. The van der Waals surface area contributed by atoms with E-state index in [0.29, 0.717) is 12.0 Å². The monoisotopic (exact) mass is 220 g/mol. The Bertz CT molecular complexity index is 320. The maximum Gasteiger partial charge on any atom is 0.0576 e. The average Bonchev–Trinajstić information content (AvgIpc) is 2.23. The lowest BCUT2D eigenvalue weighted by atomic mass is 9.76. The lowest BCUT2D eigenvalue weighted by molar-refractivity contribution is 0.0218. The number of nitrogens with zero attached hydrogens (tertiary/aromatic N) is 1. The van der Waals surface area contributed by atoms with Gasteiger partial charge in [0, 0.05) is 12.2 Å². The third-order valence-corrected chi connectivity index (χ3v) is 3.14. The molecule has 2 rings (SSSR count). The second kappa shape index (κ2) is 4.93. The smallest absolute Gasteiger partial charge is 0.0576 e. The molecule has 1 saturated carbocycles. The van der Waals surface area contributed by atoms with Gasteiger partial charge in [-0.05, 0) is 30.9 Å². The molecule has 1 unspecified atom stereocenters. The van der Waals surface area contributed by atoms with Crippen molar-refractivity contribution in [3.8, 4) is 0 Å². The van der Waals surface area contributed by atoms with Crippen molar-refractivity contribution in [3.05, 3.63) is 30.1 Å². The molecule has 0 amide bonds. The number of aliphatic hydroxyl groups is 1. The van der Waals surface area contributed by atoms with E-state index in [1.807, 2.05) is 18.3 Å². The van der Waals surface area contributed by atoms with Crippen LogP contribution in [-0.4, -0.2) is 22.2 Å². The molecule has 1 atom stereocenters. The number of aromatic nitrogens is 1. The molecule has 16 heavy (non-hydrogen) atoms. The van der Waals surface area contributed by atoms with Gasteiger partial charge < -0.3 is 10.4 Å². The van der Waals surface area contributed by atoms with Gasteiger partial charge in [0.25, 0.3) is 0 Å². The minimum absolute atomic E-state index is 0.106. The van der Waals surface area contributed by atoms with Crippen LogP contribution in [0.15, 0.2) is 24.4 Å². The molecule has 1 heterocycles. The van der Waals surface area contributed by atoms with E-state index in [1.54, 1.807) is 0 Å². The lowest BCUT2D eigenvalue weighted by Gasteiger charge is -2.38. The van der Waals surface area contributed by atoms with Crippen molar-refractivity contribution in [3.63, 3.8) is 0 Å². The normalized spacial score (nSPS) is 26.5. The van der Waals surface area contributed by atoms with Gasteiger partial charge in [0.05, 0.1) is 17.8 Å². The molecular weight excluding hydrogens is 200 g/mol. The molecule has 0 aromatic carbocycles. The molecule has 88 valence electrons. The molecule has 1 aromatic heterocycles. The predicted molar refractivity (Wildman–Crippen MR) is 64.0 cm³/mol. The second-order valence-corrected chi connectivity index (χ2v) is 4.94. The van der Waals surface area contributed by atoms with Gasteiger partial charge in [-0.3, -0.25) is 4.98 Å². The number of pyridine rings is 1. The summed E-state index contributed by atoms with van der Waals surface area (Å²) in [6.45, 7) is 4.29. The highest BCUT2D eigenvalue weighted by molar-refractivity contribution is 5.12. The van der Waals surface area contributed by atoms with Gasteiger partial charge in [-0.1, -0.05) is 19.9 Å². The van der Waals surface area contributed by atoms with Crippen LogP contribution < -0.4 is 5.32 Å². The van der Waals surface area contributed by atoms with Gasteiger partial charge in [-0.2, -0.15) is 0 Å². The van der Waals surface area contributed by atoms with Gasteiger partial charge in [-0.15, -0.1) is 0 Å². The summed E-state index contributed by atoms with van der Waals surface area (Å²) in [5, 5.41) is 12.9. The van der Waals surface area contributed by atoms with Crippen LogP contribution in [0.4, 0.5) is 0 Å². The summed E-state index contributed by atoms with van der Waals surface area (Å²) in [6.07, 6.45) is 3.51. The first-order valence-electron chi connectivity index (χ1n) is 6.02. The molecule has 2 N–H and O–H groups in total. The summed E-state index contributed by atoms with van der Waals surface area (Å²) in [7, 11) is 0. The van der Waals surface area contributed by atoms with Gasteiger partial charge in [0.1, 0.15) is 0 Å². The van der Waals surface area contributed by atoms with Crippen LogP contribution in [-0.2, 0) is 0 Å². The van der Waals surface area contributed by atoms with E-state index in [0.717, 1.165) is 18.5 Å². The maximum absolute atomic E-state index is 9.40. The minimum Gasteiger partial charge on any atom is -0.393 e. The highest BCUT2D eigenvalue weighted by Gasteiger charge is 2.35. The molecule has 0 aliphatic heterocycles. The van der Waals surface area contributed by atoms with Crippen molar-refractivity contribution in [2.45, 2.75) is 44.9 Å². The summed E-state index contributed by atoms with van der Waals surface area (Å²) in [6, 6.07) is 6.73. The summed E-state index contributed by atoms with van der Waals surface area (Å²) < 4.78 is 0. The van der Waals surface area contributed by atoms with Gasteiger partial charge in [0.2, 0.25) is 0 Å². The standard InChI is InChI=1S/C13H20N2O/c1-9(2)15-13(10-7-11(16)8-10)12-5-3-4-6-14-12/h3-6,9-11,13,15-16H,7-8H2,1-2H3. The zero-order valence-corrected chi connectivity index (χ0v) is 9.93. The first-order chi connectivity index (χ1) is 7.66. The Hall–Kier alpha value is -0.930. The van der Waals surface area contributed by atoms with E-state index in [1.165, 1.54) is 0 Å². The van der Waals surface area contributed by atoms with Crippen molar-refractivity contribution in [1.29, 1.82) is 0 Å². The Morgan fingerprint density at radius 1 is 1.38 bits per heavy atom. The summed E-state index contributed by atoms with van der Waals surface area (Å²) in [5.41, 5.74) is 1.09. The van der Waals surface area contributed by atoms with Crippen LogP contribution in [0, 0.1) is 5.92 Å². The Balaban J connectivity index is 2.09. The van der Waals surface area contributed by atoms with Crippen LogP contribution in [0.5, 0.6) is 0 Å². The van der Waals surface area contributed by atoms with Crippen molar-refractivity contribution < 1.29 is 5.11 Å². The quantitative estimate of drug-likeness (QED) is 0.814. The first kappa shape index (κ1) is 11.6. The molecule has 1 aliphatic rings. The number of hydrogen-bond acceptors (Lipinski definition) is 3. The molecule has 1 aliphatic carbocycles. The van der Waals surface area contributed by atoms with E-state index in [9.17, 15) is 5.11 Å². The Labute approximate surface area is 96.9 Å². The number of hydrogen-bond donors (Lipinski definition) is 2. The lowest BCUT2D eigenvalue weighted by Crippen LogP contribution is -2.41. The third kappa shape index (κ3) is 2.60. The zero-order valence-electron chi connectivity index (χ0n) is 9.93. The Morgan fingerprint density at radius 2 is 2.12 bits per heavy atom. The van der Waals surface area contributed by atoms with Gasteiger partial charge in [-0.25, -0.2) is 0 Å². The third-order valence-electron chi connectivity index (χ3n) is 3.14. The fourth-order valence-corrected chi connectivity index (χ4v) is 2.28. The average molecular weight is 220 g/mol. The largest absolute Gasteiger partial charge is 0.393 e. The SMILES string of the molecule is CC(C)NC(c1ccccn1)C1CC(O)C1. The molecule has 0 spiro atoms. The second-order valence-electron chi connectivity index (χ2n) is 4.94. The van der Waals surface area contributed by atoms with E-state index >= 15 is 0 Å². The predicted octanol–water partition coefficient (Wildman–Crippen LogP) is 1.89. The topological polar surface area (TPSA) is 45.2 Å². The summed E-state index contributed by atoms with van der Waals surface area (Å²) >= 11 is 0. The first-order valence-corrected chi connectivity index (χ1v) is 6.02. The molecule has 0 radical (unpaired) electrons. The van der Waals surface area contributed by atoms with Crippen LogP contribution in [0.25, 0.3) is 0 Å². The zero-order chi connectivity index (χ0) is 11.5. The van der Waals surface area contributed by atoms with Crippen molar-refractivity contribution in [2.24, 2.45) is 5.92 Å².